The van der Waals surface area contributed by atoms with Gasteiger partial charge in [-0.2, -0.15) is 0 Å². The van der Waals surface area contributed by atoms with Crippen LogP contribution in [0.4, 0.5) is 4.39 Å². The molecule has 0 unspecified atom stereocenters. The van der Waals surface area contributed by atoms with E-state index in [-0.39, 0.29) is 26.2 Å². The zero-order valence-corrected chi connectivity index (χ0v) is 11.5. The number of hydrogen-bond acceptors (Lipinski definition) is 6. The van der Waals surface area contributed by atoms with Gasteiger partial charge in [0.25, 0.3) is 5.67 Å². The molecule has 6 nitrogen and oxygen atoms in total. The lowest BCUT2D eigenvalue weighted by atomic mass is 9.99. The molecule has 0 aliphatic rings. The number of halogens is 1. The van der Waals surface area contributed by atoms with Crippen LogP contribution in [0.15, 0.2) is 0 Å². The maximum absolute atomic E-state index is 14.5. The first-order valence-electron chi connectivity index (χ1n) is 6.15. The molecule has 0 aromatic heterocycles. The minimum Gasteiger partial charge on any atom is -0.479 e. The summed E-state index contributed by atoms with van der Waals surface area (Å²) in [7, 11) is 0. The average molecular weight is 277 g/mol. The fraction of sp³-hybridized carbons (Fsp3) is 0.750. The van der Waals surface area contributed by atoms with Gasteiger partial charge >= 0.3 is 11.9 Å². The van der Waals surface area contributed by atoms with Crippen LogP contribution in [0.2, 0.25) is 0 Å². The maximum Gasteiger partial charge on any atom is 0.353 e. The second-order valence-electron chi connectivity index (χ2n) is 3.59. The van der Waals surface area contributed by atoms with Gasteiger partial charge in [-0.25, -0.2) is 9.18 Å². The molecule has 1 N–H and O–H groups in total. The van der Waals surface area contributed by atoms with Crippen LogP contribution in [0.25, 0.3) is 0 Å². The Kier molecular flexibility index (Phi) is 7.71. The number of carbonyl (C=O) groups excluding carboxylic acids is 2. The first-order valence-corrected chi connectivity index (χ1v) is 6.15. The summed E-state index contributed by atoms with van der Waals surface area (Å²) in [4.78, 5) is 22.8. The Bertz CT molecular complexity index is 314. The van der Waals surface area contributed by atoms with E-state index in [1.807, 2.05) is 0 Å². The maximum atomic E-state index is 14.5. The number of ether oxygens (including phenoxy) is 3. The van der Waals surface area contributed by atoms with Crippen molar-refractivity contribution in [2.75, 3.05) is 19.8 Å². The van der Waals surface area contributed by atoms with Crippen molar-refractivity contribution in [1.29, 1.82) is 5.41 Å². The van der Waals surface area contributed by atoms with Crippen LogP contribution < -0.4 is 0 Å². The Morgan fingerprint density at radius 3 is 2.05 bits per heavy atom. The van der Waals surface area contributed by atoms with Crippen LogP contribution >= 0.6 is 0 Å². The topological polar surface area (TPSA) is 85.7 Å². The summed E-state index contributed by atoms with van der Waals surface area (Å²) in [5.74, 6) is -2.71. The number of nitrogens with one attached hydrogen (secondary N) is 1. The third-order valence-corrected chi connectivity index (χ3v) is 2.23. The van der Waals surface area contributed by atoms with Gasteiger partial charge in [0.1, 0.15) is 0 Å². The molecule has 0 amide bonds. The smallest absolute Gasteiger partial charge is 0.353 e. The van der Waals surface area contributed by atoms with E-state index in [1.54, 1.807) is 13.8 Å². The van der Waals surface area contributed by atoms with Crippen LogP contribution in [0.3, 0.4) is 0 Å². The molecule has 0 heterocycles. The van der Waals surface area contributed by atoms with Crippen LogP contribution in [0.5, 0.6) is 0 Å². The molecule has 0 rings (SSSR count). The summed E-state index contributed by atoms with van der Waals surface area (Å²) in [5.41, 5.74) is -2.75. The average Bonchev–Trinajstić information content (AvgIpc) is 2.36. The monoisotopic (exact) mass is 277 g/mol. The van der Waals surface area contributed by atoms with Gasteiger partial charge in [0.2, 0.25) is 5.90 Å². The quantitative estimate of drug-likeness (QED) is 0.414. The summed E-state index contributed by atoms with van der Waals surface area (Å²) >= 11 is 0. The Morgan fingerprint density at radius 2 is 1.58 bits per heavy atom. The number of carbonyl (C=O) groups is 2. The first kappa shape index (κ1) is 17.3. The van der Waals surface area contributed by atoms with E-state index in [9.17, 15) is 14.0 Å². The van der Waals surface area contributed by atoms with Crippen molar-refractivity contribution in [2.24, 2.45) is 0 Å². The molecule has 0 aromatic rings. The van der Waals surface area contributed by atoms with Gasteiger partial charge in [0.15, 0.2) is 0 Å². The zero-order chi connectivity index (χ0) is 14.9. The zero-order valence-electron chi connectivity index (χ0n) is 11.5. The van der Waals surface area contributed by atoms with E-state index >= 15 is 0 Å². The highest BCUT2D eigenvalue weighted by Crippen LogP contribution is 2.23. The standard InChI is InChI=1S/C12H20FNO5/c1-4-17-9(15)7-8-12(13,10(14)18-5-2)11(16)19-6-3/h14H,4-8H2,1-3H3/t12-/m0/s1. The van der Waals surface area contributed by atoms with Gasteiger partial charge in [0, 0.05) is 12.8 Å². The van der Waals surface area contributed by atoms with E-state index in [0.29, 0.717) is 0 Å². The minimum atomic E-state index is -2.75. The van der Waals surface area contributed by atoms with Gasteiger partial charge in [-0.05, 0) is 20.8 Å². The number of alkyl halides is 1. The summed E-state index contributed by atoms with van der Waals surface area (Å²) in [6.45, 7) is 4.89. The Labute approximate surface area is 111 Å². The molecule has 110 valence electrons. The first-order chi connectivity index (χ1) is 8.92. The van der Waals surface area contributed by atoms with Crippen molar-refractivity contribution in [1.82, 2.24) is 0 Å². The second-order valence-corrected chi connectivity index (χ2v) is 3.59. The van der Waals surface area contributed by atoms with E-state index in [1.165, 1.54) is 6.92 Å². The van der Waals surface area contributed by atoms with Crippen molar-refractivity contribution in [3.63, 3.8) is 0 Å². The van der Waals surface area contributed by atoms with E-state index < -0.39 is 29.9 Å². The van der Waals surface area contributed by atoms with E-state index in [2.05, 4.69) is 9.47 Å². The van der Waals surface area contributed by atoms with Crippen molar-refractivity contribution < 1.29 is 28.2 Å². The lowest BCUT2D eigenvalue weighted by Gasteiger charge is -2.23. The molecule has 0 aliphatic carbocycles. The van der Waals surface area contributed by atoms with Gasteiger partial charge in [-0.15, -0.1) is 0 Å². The predicted molar refractivity (Wildman–Crippen MR) is 65.7 cm³/mol. The highest BCUT2D eigenvalue weighted by molar-refractivity contribution is 6.05. The van der Waals surface area contributed by atoms with Crippen LogP contribution in [0, 0.1) is 5.41 Å². The number of esters is 2. The Morgan fingerprint density at radius 1 is 1.05 bits per heavy atom. The largest absolute Gasteiger partial charge is 0.479 e. The SMILES string of the molecule is CCOC(=N)[C@@](F)(CCC(=O)OCC)C(=O)OCC. The molecule has 0 fully saturated rings. The Balaban J connectivity index is 4.80. The summed E-state index contributed by atoms with van der Waals surface area (Å²) < 4.78 is 28.5. The molecule has 1 atom stereocenters. The number of hydrogen-bond donors (Lipinski definition) is 1. The highest BCUT2D eigenvalue weighted by Gasteiger charge is 2.47. The summed E-state index contributed by atoms with van der Waals surface area (Å²) in [6, 6.07) is 0. The van der Waals surface area contributed by atoms with Crippen LogP contribution in [-0.2, 0) is 23.8 Å². The lowest BCUT2D eigenvalue weighted by Crippen LogP contribution is -2.45. The summed E-state index contributed by atoms with van der Waals surface area (Å²) in [5, 5.41) is 7.45. The normalized spacial score (nSPS) is 13.3. The minimum absolute atomic E-state index is 0.0245. The van der Waals surface area contributed by atoms with Crippen molar-refractivity contribution in [3.05, 3.63) is 0 Å². The molecule has 19 heavy (non-hydrogen) atoms. The third kappa shape index (κ3) is 5.23. The van der Waals surface area contributed by atoms with Crippen LogP contribution in [-0.4, -0.2) is 43.3 Å². The van der Waals surface area contributed by atoms with Crippen LogP contribution in [0.1, 0.15) is 33.6 Å². The van der Waals surface area contributed by atoms with Crippen molar-refractivity contribution in [2.45, 2.75) is 39.3 Å². The molecular formula is C12H20FNO5. The molecule has 0 spiro atoms. The van der Waals surface area contributed by atoms with Crippen molar-refractivity contribution in [3.8, 4) is 0 Å². The second kappa shape index (κ2) is 8.44. The van der Waals surface area contributed by atoms with Crippen molar-refractivity contribution >= 4 is 17.8 Å². The van der Waals surface area contributed by atoms with E-state index in [4.69, 9.17) is 10.1 Å². The predicted octanol–water partition coefficient (Wildman–Crippen LogP) is 1.61. The fourth-order valence-electron chi connectivity index (χ4n) is 1.32. The molecule has 0 aromatic carbocycles. The molecular weight excluding hydrogens is 257 g/mol. The molecule has 7 heteroatoms. The fourth-order valence-corrected chi connectivity index (χ4v) is 1.32. The molecule has 0 aliphatic heterocycles. The molecule has 0 saturated carbocycles. The summed E-state index contributed by atoms with van der Waals surface area (Å²) in [6.07, 6.45) is -0.873. The molecule has 0 bridgehead atoms. The van der Waals surface area contributed by atoms with Gasteiger partial charge in [0.05, 0.1) is 19.8 Å². The molecule has 0 saturated heterocycles. The van der Waals surface area contributed by atoms with Gasteiger partial charge < -0.3 is 14.2 Å². The third-order valence-electron chi connectivity index (χ3n) is 2.23. The highest BCUT2D eigenvalue weighted by atomic mass is 19.1. The number of rotatable bonds is 8. The van der Waals surface area contributed by atoms with E-state index in [0.717, 1.165) is 0 Å². The lowest BCUT2D eigenvalue weighted by molar-refractivity contribution is -0.155. The molecule has 0 radical (unpaired) electrons. The van der Waals surface area contributed by atoms with Gasteiger partial charge in [-0.3, -0.25) is 10.2 Å². The Hall–Kier alpha value is -1.66. The van der Waals surface area contributed by atoms with Gasteiger partial charge in [-0.1, -0.05) is 0 Å².